The largest absolute Gasteiger partial charge is 0.419 e. The monoisotopic (exact) mass is 507 g/mol. The normalized spacial score (nSPS) is 15.2. The molecule has 0 aliphatic carbocycles. The van der Waals surface area contributed by atoms with Crippen LogP contribution in [-0.4, -0.2) is 82.2 Å². The zero-order valence-corrected chi connectivity index (χ0v) is 19.3. The Balaban J connectivity index is 1.47. The second kappa shape index (κ2) is 10.3. The van der Waals surface area contributed by atoms with Gasteiger partial charge in [-0.1, -0.05) is 9.24 Å². The molecule has 0 aromatic carbocycles. The highest BCUT2D eigenvalue weighted by molar-refractivity contribution is 7.17. The lowest BCUT2D eigenvalue weighted by atomic mass is 10.2. The van der Waals surface area contributed by atoms with Gasteiger partial charge in [0.15, 0.2) is 0 Å². The molecule has 1 unspecified atom stereocenters. The van der Waals surface area contributed by atoms with Crippen LogP contribution in [0.4, 0.5) is 27.9 Å². The van der Waals surface area contributed by atoms with Crippen molar-refractivity contribution in [1.29, 1.82) is 0 Å². The summed E-state index contributed by atoms with van der Waals surface area (Å²) in [5.74, 6) is 0.0168. The van der Waals surface area contributed by atoms with E-state index in [1.54, 1.807) is 21.7 Å². The van der Waals surface area contributed by atoms with Crippen LogP contribution in [0.15, 0.2) is 23.3 Å². The number of aromatic nitrogens is 4. The number of hydrogen-bond donors (Lipinski definition) is 1. The summed E-state index contributed by atoms with van der Waals surface area (Å²) < 4.78 is 64.9. The maximum absolute atomic E-state index is 13.5. The quantitative estimate of drug-likeness (QED) is 0.446. The fourth-order valence-electron chi connectivity index (χ4n) is 3.33. The Morgan fingerprint density at radius 3 is 2.32 bits per heavy atom. The molecule has 0 radical (unpaired) electrons. The lowest BCUT2D eigenvalue weighted by Gasteiger charge is -2.35. The summed E-state index contributed by atoms with van der Waals surface area (Å²) in [5.41, 5.74) is -5.70. The van der Waals surface area contributed by atoms with Crippen molar-refractivity contribution in [3.63, 3.8) is 0 Å². The van der Waals surface area contributed by atoms with E-state index in [0.717, 1.165) is 18.5 Å². The molecule has 1 saturated heterocycles. The Morgan fingerprint density at radius 1 is 1.15 bits per heavy atom. The maximum Gasteiger partial charge on any atom is 0.419 e. The number of nitrogens with zero attached hydrogens (tertiary/aromatic N) is 6. The molecule has 34 heavy (non-hydrogen) atoms. The average Bonchev–Trinajstić information content (AvgIpc) is 2.77. The summed E-state index contributed by atoms with van der Waals surface area (Å²) >= 11 is 0. The van der Waals surface area contributed by atoms with Gasteiger partial charge in [0.1, 0.15) is 0 Å². The van der Waals surface area contributed by atoms with Gasteiger partial charge in [0, 0.05) is 51.5 Å². The van der Waals surface area contributed by atoms with Crippen molar-refractivity contribution in [2.45, 2.75) is 18.3 Å². The topological polar surface area (TPSA) is 98.3 Å². The van der Waals surface area contributed by atoms with E-state index in [-0.39, 0.29) is 30.5 Å². The van der Waals surface area contributed by atoms with Gasteiger partial charge in [0.2, 0.25) is 11.9 Å². The van der Waals surface area contributed by atoms with Crippen LogP contribution in [0.1, 0.15) is 16.8 Å². The van der Waals surface area contributed by atoms with E-state index >= 15 is 0 Å². The number of rotatable bonds is 7. The van der Waals surface area contributed by atoms with E-state index < -0.39 is 28.5 Å². The third-order valence-electron chi connectivity index (χ3n) is 5.25. The number of aromatic amines is 1. The first-order chi connectivity index (χ1) is 15.8. The Morgan fingerprint density at radius 2 is 1.76 bits per heavy atom. The van der Waals surface area contributed by atoms with Crippen molar-refractivity contribution < 1.29 is 26.7 Å². The zero-order valence-electron chi connectivity index (χ0n) is 18.1. The number of amides is 1. The van der Waals surface area contributed by atoms with Gasteiger partial charge in [-0.2, -0.15) is 27.1 Å². The van der Waals surface area contributed by atoms with Gasteiger partial charge in [0.25, 0.3) is 11.2 Å². The predicted molar refractivity (Wildman–Crippen MR) is 115 cm³/mol. The summed E-state index contributed by atoms with van der Waals surface area (Å²) in [4.78, 5) is 36.7. The molecule has 1 amide bonds. The molecule has 1 aliphatic heterocycles. The highest BCUT2D eigenvalue weighted by Gasteiger charge is 2.32. The Kier molecular flexibility index (Phi) is 7.81. The third-order valence-corrected chi connectivity index (χ3v) is 5.56. The molecular formula is C19H23F5N7O2P. The number of H-pyrrole nitrogens is 1. The van der Waals surface area contributed by atoms with Gasteiger partial charge in [-0.05, 0) is 13.1 Å². The van der Waals surface area contributed by atoms with Gasteiger partial charge in [0.05, 0.1) is 23.4 Å². The summed E-state index contributed by atoms with van der Waals surface area (Å²) in [6.07, 6.45) is -2.80. The van der Waals surface area contributed by atoms with Crippen molar-refractivity contribution in [3.8, 4) is 0 Å². The first-order valence-electron chi connectivity index (χ1n) is 10.2. The molecule has 0 spiro atoms. The lowest BCUT2D eigenvalue weighted by molar-refractivity contribution is -0.138. The highest BCUT2D eigenvalue weighted by Crippen LogP contribution is 2.32. The number of anilines is 1. The van der Waals surface area contributed by atoms with E-state index in [4.69, 9.17) is 0 Å². The minimum absolute atomic E-state index is 0.0762. The minimum Gasteiger partial charge on any atom is -0.338 e. The van der Waals surface area contributed by atoms with Crippen LogP contribution in [0.5, 0.6) is 0 Å². The molecule has 186 valence electrons. The van der Waals surface area contributed by atoms with Crippen LogP contribution in [0.25, 0.3) is 0 Å². The van der Waals surface area contributed by atoms with Gasteiger partial charge < -0.3 is 9.80 Å². The Bertz CT molecular complexity index is 1050. The standard InChI is InChI=1S/C19H23F5N7O2P/c1-29(3-2-13-8-14(19(23,24)34)16(33)28-27-13)11-15(32)30-4-6-31(7-5-30)17-25-9-12(10-26-17)18(20,21)22/h8-10H,2-7,11,34H2,1H3,(H,28,33). The van der Waals surface area contributed by atoms with E-state index in [1.165, 1.54) is 9.24 Å². The lowest BCUT2D eigenvalue weighted by Crippen LogP contribution is -2.51. The molecule has 2 aromatic rings. The number of hydrogen-bond acceptors (Lipinski definition) is 7. The van der Waals surface area contributed by atoms with Crippen molar-refractivity contribution in [1.82, 2.24) is 30.0 Å². The summed E-state index contributed by atoms with van der Waals surface area (Å²) in [6.45, 7) is 1.86. The first-order valence-corrected chi connectivity index (χ1v) is 10.8. The average molecular weight is 507 g/mol. The van der Waals surface area contributed by atoms with Gasteiger partial charge >= 0.3 is 6.18 Å². The molecule has 1 fully saturated rings. The van der Waals surface area contributed by atoms with Crippen molar-refractivity contribution in [2.75, 3.05) is 51.2 Å². The Labute approximate surface area is 193 Å². The number of nitrogens with one attached hydrogen (secondary N) is 1. The smallest absolute Gasteiger partial charge is 0.338 e. The van der Waals surface area contributed by atoms with Gasteiger partial charge in [-0.15, -0.1) is 0 Å². The van der Waals surface area contributed by atoms with Crippen molar-refractivity contribution in [3.05, 3.63) is 45.6 Å². The molecule has 3 heterocycles. The molecule has 3 rings (SSSR count). The second-order valence-corrected chi connectivity index (χ2v) is 8.58. The fourth-order valence-corrected chi connectivity index (χ4v) is 3.54. The van der Waals surface area contributed by atoms with Crippen LogP contribution in [-0.2, 0) is 23.1 Å². The number of piperazine rings is 1. The Hall–Kier alpha value is -2.73. The molecule has 2 aromatic heterocycles. The van der Waals surface area contributed by atoms with Crippen LogP contribution in [0.3, 0.4) is 0 Å². The van der Waals surface area contributed by atoms with Crippen LogP contribution in [0.2, 0.25) is 0 Å². The van der Waals surface area contributed by atoms with Crippen molar-refractivity contribution >= 4 is 21.1 Å². The van der Waals surface area contributed by atoms with E-state index in [1.807, 2.05) is 0 Å². The van der Waals surface area contributed by atoms with Gasteiger partial charge in [-0.25, -0.2) is 15.1 Å². The van der Waals surface area contributed by atoms with E-state index in [0.29, 0.717) is 32.7 Å². The number of halogens is 5. The number of carbonyl (C=O) groups is 1. The van der Waals surface area contributed by atoms with Crippen LogP contribution < -0.4 is 10.5 Å². The van der Waals surface area contributed by atoms with Crippen LogP contribution >= 0.6 is 9.24 Å². The first kappa shape index (κ1) is 25.9. The summed E-state index contributed by atoms with van der Waals surface area (Å²) in [7, 11) is 3.01. The van der Waals surface area contributed by atoms with Gasteiger partial charge in [-0.3, -0.25) is 14.5 Å². The number of likely N-dealkylation sites (N-methyl/N-ethyl adjacent to an activating group) is 1. The van der Waals surface area contributed by atoms with Crippen molar-refractivity contribution in [2.24, 2.45) is 0 Å². The molecular weight excluding hydrogens is 484 g/mol. The SMILES string of the molecule is CN(CCc1cc(C(F)(F)P)c(=O)[nH]n1)CC(=O)N1CCN(c2ncc(C(F)(F)F)cn2)CC1. The highest BCUT2D eigenvalue weighted by atomic mass is 31.0. The molecule has 1 atom stereocenters. The molecule has 0 saturated carbocycles. The molecule has 1 aliphatic rings. The summed E-state index contributed by atoms with van der Waals surface area (Å²) in [6, 6.07) is 1.05. The molecule has 15 heteroatoms. The second-order valence-electron chi connectivity index (χ2n) is 7.85. The predicted octanol–water partition coefficient (Wildman–Crippen LogP) is 1.33. The number of alkyl halides is 5. The molecule has 1 N–H and O–H groups in total. The van der Waals surface area contributed by atoms with E-state index in [9.17, 15) is 31.5 Å². The zero-order chi connectivity index (χ0) is 25.1. The third kappa shape index (κ3) is 6.66. The molecule has 0 bridgehead atoms. The summed E-state index contributed by atoms with van der Waals surface area (Å²) in [5, 5.41) is 5.82. The minimum atomic E-state index is -4.51. The fraction of sp³-hybridized carbons (Fsp3) is 0.526. The maximum atomic E-state index is 13.5. The number of carbonyl (C=O) groups excluding carboxylic acids is 1. The molecule has 9 nitrogen and oxygen atoms in total. The van der Waals surface area contributed by atoms with Crippen LogP contribution in [0, 0.1) is 0 Å². The van der Waals surface area contributed by atoms with E-state index in [2.05, 4.69) is 20.2 Å².